The Labute approximate surface area is 417 Å². The number of fused-ring (bicyclic) bond motifs is 4. The molecular weight excluding hydrogens is 1010 g/mol. The molecule has 1 saturated carbocycles. The van der Waals surface area contributed by atoms with Crippen LogP contribution in [-0.2, 0) is 20.1 Å². The number of aryl methyl sites for hydroxylation is 1. The second-order valence-corrected chi connectivity index (χ2v) is 19.6. The van der Waals surface area contributed by atoms with Crippen molar-refractivity contribution in [2.45, 2.75) is 91.9 Å². The molecule has 68 heavy (non-hydrogen) atoms. The Kier molecular flexibility index (Phi) is 13.1. The van der Waals surface area contributed by atoms with Crippen LogP contribution in [0.1, 0.15) is 109 Å². The molecule has 0 aliphatic heterocycles. The van der Waals surface area contributed by atoms with Crippen LogP contribution >= 0.6 is 0 Å². The van der Waals surface area contributed by atoms with E-state index in [-0.39, 0.29) is 31.9 Å². The van der Waals surface area contributed by atoms with E-state index >= 15 is 0 Å². The van der Waals surface area contributed by atoms with Gasteiger partial charge in [-0.05, 0) is 130 Å². The fourth-order valence-corrected chi connectivity index (χ4v) is 9.85. The van der Waals surface area contributed by atoms with Crippen molar-refractivity contribution >= 4 is 33.0 Å². The van der Waals surface area contributed by atoms with Crippen molar-refractivity contribution in [2.24, 2.45) is 5.41 Å². The normalized spacial score (nSPS) is 14.5. The van der Waals surface area contributed by atoms with Crippen molar-refractivity contribution in [3.8, 4) is 50.6 Å². The van der Waals surface area contributed by atoms with Crippen LogP contribution in [0, 0.1) is 24.5 Å². The smallest absolute Gasteiger partial charge is 0.121 e. The van der Waals surface area contributed by atoms with E-state index in [0.717, 1.165) is 104 Å². The minimum Gasteiger partial charge on any atom is -0.501 e. The first-order chi connectivity index (χ1) is 32.9. The molecule has 343 valence electrons. The van der Waals surface area contributed by atoms with Gasteiger partial charge in [-0.15, -0.1) is 53.6 Å². The van der Waals surface area contributed by atoms with Gasteiger partial charge in [0.05, 0.1) is 22.4 Å². The number of pyridine rings is 1. The van der Waals surface area contributed by atoms with Gasteiger partial charge in [-0.25, -0.2) is 0 Å². The monoisotopic (exact) mass is 1070 g/mol. The number of hydrogen-bond donors (Lipinski definition) is 0. The zero-order chi connectivity index (χ0) is 47.2. The van der Waals surface area contributed by atoms with Gasteiger partial charge in [-0.2, -0.15) is 0 Å². The van der Waals surface area contributed by atoms with Crippen LogP contribution < -0.4 is 0 Å². The van der Waals surface area contributed by atoms with E-state index in [1.807, 2.05) is 48.5 Å². The van der Waals surface area contributed by atoms with Crippen LogP contribution in [0.25, 0.3) is 83.6 Å². The molecule has 0 bridgehead atoms. The molecular formula is C63H59IrN3O-2. The molecule has 11 rings (SSSR count). The first-order valence-corrected chi connectivity index (χ1v) is 24.0. The predicted molar refractivity (Wildman–Crippen MR) is 280 cm³/mol. The zero-order valence-electron chi connectivity index (χ0n) is 41.2. The standard InChI is InChI=1S/C52H51N2O.C11H8N.Ir/c1-32(2)43-29-40(37-20-18-36(19-21-37)38-25-27-52(6,7)28-26-38)30-44(33(3)4)49(43)54-46-16-12-11-15-45(46)53-51(54)42-23-17-34(5)48-41-24-22-39(31-47(41)55-50(42)48)35-13-9-8-10-14-35;1-2-6-10(7-3-1)11-8-4-5-9-12-11;/h8-22,24,29-33,38H,25-28H2,1-7H3;1-6,8-9H;/q2*-1;/i38D;;. The third kappa shape index (κ3) is 9.27. The number of aromatic nitrogens is 3. The number of para-hydroxylation sites is 2. The van der Waals surface area contributed by atoms with Crippen molar-refractivity contribution in [1.29, 1.82) is 0 Å². The summed E-state index contributed by atoms with van der Waals surface area (Å²) in [6.07, 6.45) is 5.81. The molecule has 5 heteroatoms. The second kappa shape index (κ2) is 19.7. The molecule has 1 radical (unpaired) electrons. The van der Waals surface area contributed by atoms with E-state index < -0.39 is 5.89 Å². The molecule has 0 saturated heterocycles. The minimum atomic E-state index is -0.509. The van der Waals surface area contributed by atoms with Gasteiger partial charge < -0.3 is 14.0 Å². The van der Waals surface area contributed by atoms with Gasteiger partial charge in [0.1, 0.15) is 5.58 Å². The quantitative estimate of drug-likeness (QED) is 0.142. The topological polar surface area (TPSA) is 43.9 Å². The number of furan rings is 1. The second-order valence-electron chi connectivity index (χ2n) is 19.6. The number of nitrogens with zero attached hydrogens (tertiary/aromatic N) is 3. The van der Waals surface area contributed by atoms with Crippen molar-refractivity contribution in [3.05, 3.63) is 198 Å². The van der Waals surface area contributed by atoms with E-state index in [0.29, 0.717) is 5.41 Å². The van der Waals surface area contributed by atoms with Crippen molar-refractivity contribution in [1.82, 2.24) is 14.5 Å². The van der Waals surface area contributed by atoms with E-state index in [4.69, 9.17) is 9.40 Å². The first kappa shape index (κ1) is 45.4. The Balaban J connectivity index is 0.000000397. The van der Waals surface area contributed by atoms with Crippen LogP contribution in [0.3, 0.4) is 0 Å². The van der Waals surface area contributed by atoms with Crippen LogP contribution in [0.5, 0.6) is 0 Å². The van der Waals surface area contributed by atoms with Crippen LogP contribution in [-0.4, -0.2) is 14.5 Å². The van der Waals surface area contributed by atoms with Crippen LogP contribution in [0.4, 0.5) is 0 Å². The van der Waals surface area contributed by atoms with Crippen molar-refractivity contribution in [2.75, 3.05) is 0 Å². The predicted octanol–water partition coefficient (Wildman–Crippen LogP) is 17.5. The maximum Gasteiger partial charge on any atom is 0.121 e. The molecule has 3 aromatic heterocycles. The maximum atomic E-state index is 9.38. The summed E-state index contributed by atoms with van der Waals surface area (Å²) in [5, 5.41) is 2.20. The molecule has 10 aromatic rings. The Morgan fingerprint density at radius 2 is 1.37 bits per heavy atom. The fourth-order valence-electron chi connectivity index (χ4n) is 9.85. The van der Waals surface area contributed by atoms with E-state index in [1.165, 1.54) is 27.9 Å². The molecule has 0 amide bonds. The van der Waals surface area contributed by atoms with Gasteiger partial charge in [-0.3, -0.25) is 4.98 Å². The molecule has 1 aliphatic carbocycles. The number of imidazole rings is 1. The molecule has 4 nitrogen and oxygen atoms in total. The SMILES string of the molecule is [2H]C1(c2ccc(-c3cc(C(C)C)c(-n4c(-c5[c-]cc(C)c6c5oc5cc(-c7ccccc7)ccc56)nc5ccccc54)c(C(C)C)c3)cc2)CCC(C)(C)CC1.[Ir].[c-]1ccccc1-c1ccccn1. The van der Waals surface area contributed by atoms with Gasteiger partial charge in [0, 0.05) is 38.7 Å². The van der Waals surface area contributed by atoms with Crippen molar-refractivity contribution < 1.29 is 25.9 Å². The summed E-state index contributed by atoms with van der Waals surface area (Å²) < 4.78 is 18.6. The molecule has 3 heterocycles. The van der Waals surface area contributed by atoms with Crippen LogP contribution in [0.15, 0.2) is 168 Å². The fraction of sp³-hybridized carbons (Fsp3) is 0.238. The van der Waals surface area contributed by atoms with Gasteiger partial charge in [0.15, 0.2) is 0 Å². The molecule has 0 N–H and O–H groups in total. The summed E-state index contributed by atoms with van der Waals surface area (Å²) >= 11 is 0. The minimum absolute atomic E-state index is 0. The largest absolute Gasteiger partial charge is 0.501 e. The van der Waals surface area contributed by atoms with Gasteiger partial charge in [-0.1, -0.05) is 150 Å². The molecule has 0 unspecified atom stereocenters. The number of benzene rings is 7. The van der Waals surface area contributed by atoms with Crippen molar-refractivity contribution in [3.63, 3.8) is 0 Å². The summed E-state index contributed by atoms with van der Waals surface area (Å²) in [5.41, 5.74) is 17.5. The summed E-state index contributed by atoms with van der Waals surface area (Å²) in [5.74, 6) is 0.798. The Morgan fingerprint density at radius 1 is 0.706 bits per heavy atom. The Hall–Kier alpha value is -6.39. The Morgan fingerprint density at radius 3 is 2.04 bits per heavy atom. The van der Waals surface area contributed by atoms with Gasteiger partial charge >= 0.3 is 0 Å². The molecule has 1 fully saturated rings. The van der Waals surface area contributed by atoms with E-state index in [9.17, 15) is 1.37 Å². The molecule has 1 aliphatic rings. The van der Waals surface area contributed by atoms with E-state index in [1.54, 1.807) is 6.20 Å². The first-order valence-electron chi connectivity index (χ1n) is 24.5. The average molecular weight is 1070 g/mol. The third-order valence-electron chi connectivity index (χ3n) is 13.8. The summed E-state index contributed by atoms with van der Waals surface area (Å²) in [7, 11) is 0. The molecule has 0 spiro atoms. The van der Waals surface area contributed by atoms with Crippen LogP contribution in [0.2, 0.25) is 0 Å². The number of hydrogen-bond acceptors (Lipinski definition) is 3. The summed E-state index contributed by atoms with van der Waals surface area (Å²) in [6.45, 7) is 16.0. The van der Waals surface area contributed by atoms with E-state index in [2.05, 4.69) is 179 Å². The maximum absolute atomic E-state index is 9.38. The third-order valence-corrected chi connectivity index (χ3v) is 13.8. The van der Waals surface area contributed by atoms with Gasteiger partial charge in [0.25, 0.3) is 0 Å². The summed E-state index contributed by atoms with van der Waals surface area (Å²) in [6, 6.07) is 61.8. The van der Waals surface area contributed by atoms with Gasteiger partial charge in [0.2, 0.25) is 0 Å². The zero-order valence-corrected chi connectivity index (χ0v) is 42.5. The molecule has 7 aromatic carbocycles. The summed E-state index contributed by atoms with van der Waals surface area (Å²) in [4.78, 5) is 9.60. The molecule has 0 atom stereocenters. The average Bonchev–Trinajstić information content (AvgIpc) is 3.95. The number of rotatable bonds is 8. The Bertz CT molecular complexity index is 3310.